The molecule has 0 saturated heterocycles. The van der Waals surface area contributed by atoms with Crippen LogP contribution in [0.5, 0.6) is 5.75 Å². The molecular weight excluding hydrogens is 422 g/mol. The van der Waals surface area contributed by atoms with Gasteiger partial charge in [0.05, 0.1) is 18.1 Å². The minimum absolute atomic E-state index is 0.703. The lowest BCUT2D eigenvalue weighted by molar-refractivity contribution is 0.415. The summed E-state index contributed by atoms with van der Waals surface area (Å²) in [7, 11) is 1.66. The Hall–Kier alpha value is -4.71. The molecule has 0 fully saturated rings. The quantitative estimate of drug-likeness (QED) is 0.335. The average molecular weight is 444 g/mol. The Morgan fingerprint density at radius 3 is 2.32 bits per heavy atom. The zero-order valence-corrected chi connectivity index (χ0v) is 18.5. The number of methoxy groups -OCH3 is 1. The van der Waals surface area contributed by atoms with Gasteiger partial charge in [-0.2, -0.15) is 0 Å². The number of para-hydroxylation sites is 1. The first kappa shape index (κ1) is 19.9. The number of nitrogens with zero attached hydrogens (tertiary/aromatic N) is 4. The maximum absolute atomic E-state index is 5.28. The van der Waals surface area contributed by atoms with Crippen molar-refractivity contribution in [2.24, 2.45) is 0 Å². The van der Waals surface area contributed by atoms with Crippen molar-refractivity contribution < 1.29 is 4.74 Å². The maximum Gasteiger partial charge on any atom is 0.161 e. The first-order valence-electron chi connectivity index (χ1n) is 11.0. The van der Waals surface area contributed by atoms with E-state index in [-0.39, 0.29) is 0 Å². The van der Waals surface area contributed by atoms with E-state index in [9.17, 15) is 0 Å². The largest absolute Gasteiger partial charge is 0.497 e. The Labute approximate surface area is 196 Å². The number of rotatable bonds is 5. The fourth-order valence-electron chi connectivity index (χ4n) is 4.18. The van der Waals surface area contributed by atoms with Crippen molar-refractivity contribution in [1.29, 1.82) is 0 Å². The van der Waals surface area contributed by atoms with Gasteiger partial charge in [0.15, 0.2) is 5.82 Å². The van der Waals surface area contributed by atoms with E-state index in [2.05, 4.69) is 55.4 Å². The topological polar surface area (TPSA) is 64.9 Å². The first-order chi connectivity index (χ1) is 16.8. The summed E-state index contributed by atoms with van der Waals surface area (Å²) in [4.78, 5) is 4.60. The molecule has 6 heteroatoms. The van der Waals surface area contributed by atoms with E-state index < -0.39 is 0 Å². The lowest BCUT2D eigenvalue weighted by Crippen LogP contribution is -1.99. The number of anilines is 2. The van der Waals surface area contributed by atoms with Gasteiger partial charge >= 0.3 is 0 Å². The second-order valence-electron chi connectivity index (χ2n) is 7.95. The number of imidazole rings is 1. The van der Waals surface area contributed by atoms with Crippen molar-refractivity contribution in [3.8, 4) is 22.7 Å². The molecule has 6 aromatic rings. The molecule has 0 saturated carbocycles. The van der Waals surface area contributed by atoms with E-state index in [1.807, 2.05) is 73.1 Å². The van der Waals surface area contributed by atoms with Crippen molar-refractivity contribution in [1.82, 2.24) is 19.7 Å². The second kappa shape index (κ2) is 8.33. The van der Waals surface area contributed by atoms with Crippen LogP contribution < -0.4 is 10.1 Å². The predicted octanol–water partition coefficient (Wildman–Crippen LogP) is 6.39. The number of nitrogens with one attached hydrogen (secondary N) is 1. The van der Waals surface area contributed by atoms with Crippen LogP contribution in [-0.2, 0) is 0 Å². The van der Waals surface area contributed by atoms with Gasteiger partial charge in [-0.25, -0.2) is 4.98 Å². The summed E-state index contributed by atoms with van der Waals surface area (Å²) in [5, 5.41) is 14.6. The highest BCUT2D eigenvalue weighted by molar-refractivity contribution is 6.01. The van der Waals surface area contributed by atoms with Crippen LogP contribution in [0.2, 0.25) is 0 Å². The van der Waals surface area contributed by atoms with Gasteiger partial charge in [0, 0.05) is 27.7 Å². The number of fused-ring (bicyclic) bond motifs is 2. The first-order valence-corrected chi connectivity index (χ1v) is 11.0. The molecule has 2 heterocycles. The Balaban J connectivity index is 1.37. The molecule has 2 aromatic heterocycles. The molecule has 0 amide bonds. The monoisotopic (exact) mass is 443 g/mol. The van der Waals surface area contributed by atoms with Crippen molar-refractivity contribution in [2.75, 3.05) is 12.4 Å². The molecule has 0 unspecified atom stereocenters. The van der Waals surface area contributed by atoms with Crippen LogP contribution in [0.15, 0.2) is 103 Å². The van der Waals surface area contributed by atoms with E-state index in [1.165, 1.54) is 0 Å². The number of aromatic nitrogens is 4. The van der Waals surface area contributed by atoms with Gasteiger partial charge in [-0.3, -0.25) is 4.57 Å². The molecule has 164 valence electrons. The second-order valence-corrected chi connectivity index (χ2v) is 7.95. The molecule has 4 aromatic carbocycles. The zero-order valence-electron chi connectivity index (χ0n) is 18.5. The molecular formula is C28H21N5O. The van der Waals surface area contributed by atoms with Crippen LogP contribution in [0.25, 0.3) is 38.8 Å². The van der Waals surface area contributed by atoms with Crippen molar-refractivity contribution in [3.05, 3.63) is 103 Å². The Morgan fingerprint density at radius 1 is 0.765 bits per heavy atom. The number of hydrogen-bond acceptors (Lipinski definition) is 5. The molecule has 1 N–H and O–H groups in total. The molecule has 6 nitrogen and oxygen atoms in total. The molecule has 6 rings (SSSR count). The molecule has 0 aliphatic heterocycles. The normalized spacial score (nSPS) is 11.1. The lowest BCUT2D eigenvalue weighted by atomic mass is 10.0. The summed E-state index contributed by atoms with van der Waals surface area (Å²) in [6, 6.07) is 32.4. The molecule has 0 aliphatic carbocycles. The van der Waals surface area contributed by atoms with Crippen molar-refractivity contribution >= 4 is 33.3 Å². The van der Waals surface area contributed by atoms with Crippen LogP contribution in [0.1, 0.15) is 0 Å². The molecule has 0 atom stereocenters. The Bertz CT molecular complexity index is 1610. The van der Waals surface area contributed by atoms with Gasteiger partial charge < -0.3 is 10.1 Å². The zero-order chi connectivity index (χ0) is 22.9. The summed E-state index contributed by atoms with van der Waals surface area (Å²) in [5.41, 5.74) is 5.76. The van der Waals surface area contributed by atoms with Crippen LogP contribution in [0.4, 0.5) is 11.5 Å². The minimum atomic E-state index is 0.703. The van der Waals surface area contributed by atoms with Crippen LogP contribution in [-0.4, -0.2) is 26.9 Å². The number of benzene rings is 4. The Morgan fingerprint density at radius 2 is 1.53 bits per heavy atom. The number of ether oxygens (including phenoxy) is 1. The minimum Gasteiger partial charge on any atom is -0.497 e. The predicted molar refractivity (Wildman–Crippen MR) is 136 cm³/mol. The Kier molecular flexibility index (Phi) is 4.88. The summed E-state index contributed by atoms with van der Waals surface area (Å²) < 4.78 is 7.36. The highest BCUT2D eigenvalue weighted by Crippen LogP contribution is 2.32. The van der Waals surface area contributed by atoms with Crippen molar-refractivity contribution in [2.45, 2.75) is 0 Å². The van der Waals surface area contributed by atoms with E-state index in [1.54, 1.807) is 7.11 Å². The van der Waals surface area contributed by atoms with E-state index in [0.29, 0.717) is 5.82 Å². The van der Waals surface area contributed by atoms with Crippen LogP contribution in [0.3, 0.4) is 0 Å². The summed E-state index contributed by atoms with van der Waals surface area (Å²) in [6.45, 7) is 0. The fourth-order valence-corrected chi connectivity index (χ4v) is 4.18. The molecule has 0 radical (unpaired) electrons. The third kappa shape index (κ3) is 3.51. The highest BCUT2D eigenvalue weighted by Gasteiger charge is 2.12. The van der Waals surface area contributed by atoms with Gasteiger partial charge in [-0.05, 0) is 54.6 Å². The van der Waals surface area contributed by atoms with Gasteiger partial charge in [0.25, 0.3) is 0 Å². The summed E-state index contributed by atoms with van der Waals surface area (Å²) in [5.74, 6) is 1.51. The van der Waals surface area contributed by atoms with Crippen molar-refractivity contribution in [3.63, 3.8) is 0 Å². The lowest BCUT2D eigenvalue weighted by Gasteiger charge is -2.12. The third-order valence-corrected chi connectivity index (χ3v) is 5.90. The van der Waals surface area contributed by atoms with Crippen LogP contribution >= 0.6 is 0 Å². The number of hydrogen-bond donors (Lipinski definition) is 1. The van der Waals surface area contributed by atoms with E-state index >= 15 is 0 Å². The maximum atomic E-state index is 5.28. The van der Waals surface area contributed by atoms with E-state index in [0.717, 1.165) is 50.2 Å². The molecule has 34 heavy (non-hydrogen) atoms. The van der Waals surface area contributed by atoms with E-state index in [4.69, 9.17) is 4.74 Å². The molecule has 0 spiro atoms. The molecule has 0 aliphatic rings. The fraction of sp³-hybridized carbons (Fsp3) is 0.0357. The average Bonchev–Trinajstić information content (AvgIpc) is 3.33. The van der Waals surface area contributed by atoms with Gasteiger partial charge in [0.2, 0.25) is 0 Å². The van der Waals surface area contributed by atoms with Gasteiger partial charge in [-0.1, -0.05) is 42.5 Å². The smallest absolute Gasteiger partial charge is 0.161 e. The highest BCUT2D eigenvalue weighted by atomic mass is 16.5. The van der Waals surface area contributed by atoms with Gasteiger partial charge in [-0.15, -0.1) is 10.2 Å². The SMILES string of the molecule is COc1ccc(-c2nnc(Nc3ccc4c(c3)ncn4-c3ccccc3)c3ccccc23)cc1. The molecule has 0 bridgehead atoms. The standard InChI is InChI=1S/C28H21N5O/c1-34-22-14-11-19(12-15-22)27-23-9-5-6-10-24(23)28(32-31-27)30-20-13-16-26-25(17-20)29-18-33(26)21-7-3-2-4-8-21/h2-18H,1H3,(H,30,32). The van der Waals surface area contributed by atoms with Gasteiger partial charge in [0.1, 0.15) is 17.8 Å². The van der Waals surface area contributed by atoms with Crippen LogP contribution in [0, 0.1) is 0 Å². The summed E-state index contributed by atoms with van der Waals surface area (Å²) >= 11 is 0. The third-order valence-electron chi connectivity index (χ3n) is 5.90. The summed E-state index contributed by atoms with van der Waals surface area (Å²) in [6.07, 6.45) is 1.85.